The first-order valence-electron chi connectivity index (χ1n) is 7.17. The smallest absolute Gasteiger partial charge is 0.121 e. The highest BCUT2D eigenvalue weighted by Crippen LogP contribution is 2.30. The van der Waals surface area contributed by atoms with Crippen molar-refractivity contribution in [1.29, 1.82) is 5.26 Å². The summed E-state index contributed by atoms with van der Waals surface area (Å²) in [6, 6.07) is 9.05. The van der Waals surface area contributed by atoms with Crippen molar-refractivity contribution in [1.82, 2.24) is 5.32 Å². The van der Waals surface area contributed by atoms with Gasteiger partial charge in [-0.1, -0.05) is 0 Å². The van der Waals surface area contributed by atoms with Crippen molar-refractivity contribution in [2.24, 2.45) is 0 Å². The molecule has 1 N–H and O–H groups in total. The predicted molar refractivity (Wildman–Crippen MR) is 81.2 cm³/mol. The molecule has 0 heterocycles. The van der Waals surface area contributed by atoms with Gasteiger partial charge in [0.25, 0.3) is 0 Å². The van der Waals surface area contributed by atoms with E-state index in [1.165, 1.54) is 12.8 Å². The van der Waals surface area contributed by atoms with Crippen LogP contribution in [0.4, 0.5) is 5.69 Å². The van der Waals surface area contributed by atoms with E-state index in [4.69, 9.17) is 4.74 Å². The zero-order valence-electron chi connectivity index (χ0n) is 12.5. The highest BCUT2D eigenvalue weighted by molar-refractivity contribution is 5.62. The lowest BCUT2D eigenvalue weighted by Gasteiger charge is -2.36. The first-order valence-corrected chi connectivity index (χ1v) is 7.17. The summed E-state index contributed by atoms with van der Waals surface area (Å²) in [4.78, 5) is 2.24. The summed E-state index contributed by atoms with van der Waals surface area (Å²) in [5.74, 6) is 0.801. The second-order valence-electron chi connectivity index (χ2n) is 5.40. The molecule has 4 heteroatoms. The highest BCUT2D eigenvalue weighted by atomic mass is 16.5. The van der Waals surface area contributed by atoms with Crippen molar-refractivity contribution in [3.05, 3.63) is 23.8 Å². The maximum atomic E-state index is 9.28. The van der Waals surface area contributed by atoms with Crippen LogP contribution in [0.25, 0.3) is 0 Å². The molecule has 1 aliphatic carbocycles. The van der Waals surface area contributed by atoms with Crippen LogP contribution in [0.1, 0.15) is 31.2 Å². The summed E-state index contributed by atoms with van der Waals surface area (Å²) in [7, 11) is 5.77. The Kier molecular flexibility index (Phi) is 4.86. The Bertz CT molecular complexity index is 487. The molecule has 0 saturated heterocycles. The number of nitriles is 1. The van der Waals surface area contributed by atoms with Crippen LogP contribution in [-0.2, 0) is 0 Å². The van der Waals surface area contributed by atoms with Crippen LogP contribution >= 0.6 is 0 Å². The second-order valence-corrected chi connectivity index (χ2v) is 5.40. The third-order valence-electron chi connectivity index (χ3n) is 4.36. The third-order valence-corrected chi connectivity index (χ3v) is 4.36. The largest absolute Gasteiger partial charge is 0.497 e. The van der Waals surface area contributed by atoms with Gasteiger partial charge in [-0.05, 0) is 44.9 Å². The van der Waals surface area contributed by atoms with Gasteiger partial charge >= 0.3 is 0 Å². The summed E-state index contributed by atoms with van der Waals surface area (Å²) < 4.78 is 5.28. The van der Waals surface area contributed by atoms with E-state index < -0.39 is 0 Å². The first kappa shape index (κ1) is 14.7. The van der Waals surface area contributed by atoms with Crippen LogP contribution in [0.3, 0.4) is 0 Å². The molecule has 108 valence electrons. The molecule has 0 aliphatic heterocycles. The van der Waals surface area contributed by atoms with E-state index in [1.807, 2.05) is 25.2 Å². The van der Waals surface area contributed by atoms with Gasteiger partial charge in [0.2, 0.25) is 0 Å². The normalized spacial score (nSPS) is 22.1. The van der Waals surface area contributed by atoms with E-state index in [-0.39, 0.29) is 0 Å². The number of anilines is 1. The summed E-state index contributed by atoms with van der Waals surface area (Å²) in [5.41, 5.74) is 1.68. The van der Waals surface area contributed by atoms with Crippen LogP contribution in [-0.4, -0.2) is 33.3 Å². The molecule has 0 amide bonds. The lowest BCUT2D eigenvalue weighted by Crippen LogP contribution is -2.40. The standard InChI is InChI=1S/C16H23N3O/c1-18-13-5-7-14(8-6-13)19(2)16-10-15(20-3)9-4-12(16)11-17/h4,9-10,13-14,18H,5-8H2,1-3H3. The number of nitrogens with zero attached hydrogens (tertiary/aromatic N) is 2. The Morgan fingerprint density at radius 2 is 2.00 bits per heavy atom. The fourth-order valence-corrected chi connectivity index (χ4v) is 2.97. The van der Waals surface area contributed by atoms with Crippen LogP contribution in [0.5, 0.6) is 5.75 Å². The van der Waals surface area contributed by atoms with Crippen LogP contribution < -0.4 is 15.0 Å². The van der Waals surface area contributed by atoms with Gasteiger partial charge < -0.3 is 15.0 Å². The van der Waals surface area contributed by atoms with Gasteiger partial charge in [-0.15, -0.1) is 0 Å². The highest BCUT2D eigenvalue weighted by Gasteiger charge is 2.24. The Morgan fingerprint density at radius 1 is 1.30 bits per heavy atom. The Balaban J connectivity index is 2.16. The monoisotopic (exact) mass is 273 g/mol. The van der Waals surface area contributed by atoms with Gasteiger partial charge in [0, 0.05) is 25.2 Å². The van der Waals surface area contributed by atoms with Gasteiger partial charge in [0.1, 0.15) is 11.8 Å². The van der Waals surface area contributed by atoms with Crippen molar-refractivity contribution in [3.8, 4) is 11.8 Å². The topological polar surface area (TPSA) is 48.3 Å². The van der Waals surface area contributed by atoms with E-state index >= 15 is 0 Å². The summed E-state index contributed by atoms with van der Waals surface area (Å²) in [5, 5.41) is 12.6. The van der Waals surface area contributed by atoms with Crippen molar-refractivity contribution in [3.63, 3.8) is 0 Å². The maximum Gasteiger partial charge on any atom is 0.121 e. The van der Waals surface area contributed by atoms with Crippen LogP contribution in [0, 0.1) is 11.3 Å². The number of hydrogen-bond acceptors (Lipinski definition) is 4. The number of nitrogens with one attached hydrogen (secondary N) is 1. The average Bonchev–Trinajstić information content (AvgIpc) is 2.53. The van der Waals surface area contributed by atoms with Gasteiger partial charge in [0.05, 0.1) is 18.4 Å². The van der Waals surface area contributed by atoms with E-state index in [0.29, 0.717) is 17.6 Å². The molecule has 4 nitrogen and oxygen atoms in total. The molecular formula is C16H23N3O. The predicted octanol–water partition coefficient (Wildman–Crippen LogP) is 2.53. The number of rotatable bonds is 4. The van der Waals surface area contributed by atoms with Crippen LogP contribution in [0.15, 0.2) is 18.2 Å². The Hall–Kier alpha value is -1.73. The quantitative estimate of drug-likeness (QED) is 0.916. The molecule has 1 aromatic rings. The van der Waals surface area contributed by atoms with Crippen molar-refractivity contribution in [2.45, 2.75) is 37.8 Å². The molecule has 20 heavy (non-hydrogen) atoms. The number of methoxy groups -OCH3 is 1. The third kappa shape index (κ3) is 3.05. The molecule has 0 radical (unpaired) electrons. The van der Waals surface area contributed by atoms with Crippen molar-refractivity contribution >= 4 is 5.69 Å². The fraction of sp³-hybridized carbons (Fsp3) is 0.562. The minimum absolute atomic E-state index is 0.499. The molecule has 1 saturated carbocycles. The number of hydrogen-bond donors (Lipinski definition) is 1. The molecule has 0 aromatic heterocycles. The molecule has 0 unspecified atom stereocenters. The van der Waals surface area contributed by atoms with E-state index in [1.54, 1.807) is 7.11 Å². The van der Waals surface area contributed by atoms with Gasteiger partial charge in [-0.3, -0.25) is 0 Å². The molecule has 2 rings (SSSR count). The molecule has 1 fully saturated rings. The van der Waals surface area contributed by atoms with Gasteiger partial charge in [0.15, 0.2) is 0 Å². The van der Waals surface area contributed by atoms with Crippen molar-refractivity contribution < 1.29 is 4.74 Å². The van der Waals surface area contributed by atoms with Gasteiger partial charge in [-0.2, -0.15) is 5.26 Å². The molecule has 0 spiro atoms. The fourth-order valence-electron chi connectivity index (χ4n) is 2.97. The lowest BCUT2D eigenvalue weighted by atomic mass is 9.90. The van der Waals surface area contributed by atoms with E-state index in [0.717, 1.165) is 24.3 Å². The number of benzene rings is 1. The molecule has 1 aliphatic rings. The van der Waals surface area contributed by atoms with E-state index in [9.17, 15) is 5.26 Å². The lowest BCUT2D eigenvalue weighted by molar-refractivity contribution is 0.351. The van der Waals surface area contributed by atoms with Crippen LogP contribution in [0.2, 0.25) is 0 Å². The summed E-state index contributed by atoms with van der Waals surface area (Å²) >= 11 is 0. The summed E-state index contributed by atoms with van der Waals surface area (Å²) in [6.07, 6.45) is 4.70. The minimum atomic E-state index is 0.499. The van der Waals surface area contributed by atoms with E-state index in [2.05, 4.69) is 23.3 Å². The minimum Gasteiger partial charge on any atom is -0.497 e. The molecular weight excluding hydrogens is 250 g/mol. The average molecular weight is 273 g/mol. The second kappa shape index (κ2) is 6.62. The SMILES string of the molecule is CNC1CCC(N(C)c2cc(OC)ccc2C#N)CC1. The number of ether oxygens (including phenoxy) is 1. The molecule has 0 atom stereocenters. The Morgan fingerprint density at radius 3 is 2.55 bits per heavy atom. The Labute approximate surface area is 121 Å². The molecule has 0 bridgehead atoms. The zero-order valence-corrected chi connectivity index (χ0v) is 12.5. The molecule has 1 aromatic carbocycles. The van der Waals surface area contributed by atoms with Gasteiger partial charge in [-0.25, -0.2) is 0 Å². The maximum absolute atomic E-state index is 9.28. The summed E-state index contributed by atoms with van der Waals surface area (Å²) in [6.45, 7) is 0. The van der Waals surface area contributed by atoms with Crippen molar-refractivity contribution in [2.75, 3.05) is 26.1 Å². The first-order chi connectivity index (χ1) is 9.69. The zero-order chi connectivity index (χ0) is 14.5.